The molecule has 1 heterocycles. The maximum absolute atomic E-state index is 12.6. The molecule has 108 valence electrons. The molecule has 1 saturated heterocycles. The number of rotatable bonds is 2. The molecule has 0 radical (unpaired) electrons. The van der Waals surface area contributed by atoms with Crippen molar-refractivity contribution in [3.05, 3.63) is 32.4 Å². The Hall–Kier alpha value is -0.820. The highest BCUT2D eigenvalue weighted by molar-refractivity contribution is 14.1. The summed E-state index contributed by atoms with van der Waals surface area (Å²) in [5.41, 5.74) is 0.471. The zero-order valence-electron chi connectivity index (χ0n) is 11.0. The molecule has 1 aliphatic heterocycles. The van der Waals surface area contributed by atoms with Gasteiger partial charge in [-0.25, -0.2) is 4.79 Å². The second-order valence-electron chi connectivity index (χ2n) is 5.03. The van der Waals surface area contributed by atoms with Crippen molar-refractivity contribution < 1.29 is 14.7 Å². The lowest BCUT2D eigenvalue weighted by Gasteiger charge is -2.37. The predicted octanol–water partition coefficient (Wildman–Crippen LogP) is 3.27. The molecule has 0 aromatic heterocycles. The predicted molar refractivity (Wildman–Crippen MR) is 85.0 cm³/mol. The van der Waals surface area contributed by atoms with Crippen LogP contribution in [0.15, 0.2) is 18.2 Å². The number of hydrogen-bond acceptors (Lipinski definition) is 2. The minimum atomic E-state index is -0.942. The quantitative estimate of drug-likeness (QED) is 0.766. The lowest BCUT2D eigenvalue weighted by molar-refractivity contribution is -0.145. The van der Waals surface area contributed by atoms with E-state index in [4.69, 9.17) is 11.6 Å². The lowest BCUT2D eigenvalue weighted by Crippen LogP contribution is -2.52. The molecular weight excluding hydrogens is 393 g/mol. The Morgan fingerprint density at radius 3 is 2.80 bits per heavy atom. The van der Waals surface area contributed by atoms with Crippen molar-refractivity contribution in [2.75, 3.05) is 6.54 Å². The maximum atomic E-state index is 12.6. The molecule has 2 atom stereocenters. The second-order valence-corrected chi connectivity index (χ2v) is 6.62. The molecule has 2 unspecified atom stereocenters. The number of carbonyl (C=O) groups is 2. The van der Waals surface area contributed by atoms with Crippen molar-refractivity contribution in [2.45, 2.75) is 25.8 Å². The molecule has 4 nitrogen and oxygen atoms in total. The first-order chi connectivity index (χ1) is 9.41. The number of carbonyl (C=O) groups excluding carboxylic acids is 1. The number of carboxylic acid groups (broad SMARTS) is 1. The molecule has 20 heavy (non-hydrogen) atoms. The molecule has 6 heteroatoms. The molecule has 1 aromatic carbocycles. The number of amides is 1. The largest absolute Gasteiger partial charge is 0.480 e. The van der Waals surface area contributed by atoms with Gasteiger partial charge in [0.05, 0.1) is 5.56 Å². The van der Waals surface area contributed by atoms with Gasteiger partial charge in [-0.3, -0.25) is 4.79 Å². The molecule has 1 N–H and O–H groups in total. The van der Waals surface area contributed by atoms with Gasteiger partial charge in [0.1, 0.15) is 6.04 Å². The summed E-state index contributed by atoms with van der Waals surface area (Å²) in [6.45, 7) is 2.35. The molecule has 1 amide bonds. The van der Waals surface area contributed by atoms with E-state index < -0.39 is 12.0 Å². The fourth-order valence-electron chi connectivity index (χ4n) is 2.61. The van der Waals surface area contributed by atoms with Crippen LogP contribution in [0.2, 0.25) is 5.02 Å². The molecule has 2 rings (SSSR count). The highest BCUT2D eigenvalue weighted by atomic mass is 127. The Bertz CT molecular complexity index is 549. The number of hydrogen-bond donors (Lipinski definition) is 1. The Morgan fingerprint density at radius 2 is 2.15 bits per heavy atom. The summed E-state index contributed by atoms with van der Waals surface area (Å²) in [6.07, 6.45) is 1.65. The number of piperidine rings is 1. The topological polar surface area (TPSA) is 57.6 Å². The second kappa shape index (κ2) is 6.30. The first-order valence-corrected chi connectivity index (χ1v) is 7.86. The van der Waals surface area contributed by atoms with E-state index in [1.807, 2.05) is 6.92 Å². The van der Waals surface area contributed by atoms with E-state index >= 15 is 0 Å². The van der Waals surface area contributed by atoms with Crippen LogP contribution in [0.25, 0.3) is 0 Å². The number of nitrogens with zero attached hydrogens (tertiary/aromatic N) is 1. The molecule has 1 fully saturated rings. The van der Waals surface area contributed by atoms with Crippen molar-refractivity contribution >= 4 is 46.1 Å². The maximum Gasteiger partial charge on any atom is 0.326 e. The summed E-state index contributed by atoms with van der Waals surface area (Å²) in [4.78, 5) is 25.5. The summed E-state index contributed by atoms with van der Waals surface area (Å²) in [5, 5.41) is 9.85. The third-order valence-corrected chi connectivity index (χ3v) is 4.78. The lowest BCUT2D eigenvalue weighted by atomic mass is 9.90. The van der Waals surface area contributed by atoms with E-state index in [2.05, 4.69) is 22.6 Å². The van der Waals surface area contributed by atoms with Crippen molar-refractivity contribution in [3.63, 3.8) is 0 Å². The van der Waals surface area contributed by atoms with Crippen molar-refractivity contribution in [2.24, 2.45) is 5.92 Å². The average molecular weight is 408 g/mol. The van der Waals surface area contributed by atoms with Crippen LogP contribution in [0.1, 0.15) is 30.1 Å². The van der Waals surface area contributed by atoms with E-state index in [9.17, 15) is 14.7 Å². The Labute approximate surface area is 136 Å². The highest BCUT2D eigenvalue weighted by Gasteiger charge is 2.37. The van der Waals surface area contributed by atoms with Crippen LogP contribution in [0.3, 0.4) is 0 Å². The van der Waals surface area contributed by atoms with Gasteiger partial charge in [0, 0.05) is 15.1 Å². The van der Waals surface area contributed by atoms with Crippen LogP contribution >= 0.6 is 34.2 Å². The molecule has 0 saturated carbocycles. The smallest absolute Gasteiger partial charge is 0.326 e. The van der Waals surface area contributed by atoms with Gasteiger partial charge in [0.25, 0.3) is 5.91 Å². The van der Waals surface area contributed by atoms with Crippen molar-refractivity contribution in [1.82, 2.24) is 4.90 Å². The molecule has 0 spiro atoms. The van der Waals surface area contributed by atoms with Gasteiger partial charge in [0.15, 0.2) is 0 Å². The van der Waals surface area contributed by atoms with E-state index in [1.165, 1.54) is 4.90 Å². The van der Waals surface area contributed by atoms with Gasteiger partial charge in [-0.05, 0) is 59.5 Å². The van der Waals surface area contributed by atoms with Crippen LogP contribution in [0.5, 0.6) is 0 Å². The molecular formula is C14H15ClINO3. The van der Waals surface area contributed by atoms with Gasteiger partial charge < -0.3 is 10.0 Å². The number of likely N-dealkylation sites (tertiary alicyclic amines) is 1. The molecule has 1 aromatic rings. The zero-order chi connectivity index (χ0) is 14.9. The van der Waals surface area contributed by atoms with E-state index in [1.54, 1.807) is 18.2 Å². The van der Waals surface area contributed by atoms with Gasteiger partial charge >= 0.3 is 5.97 Å². The Balaban J connectivity index is 2.35. The van der Waals surface area contributed by atoms with Crippen LogP contribution < -0.4 is 0 Å². The minimum Gasteiger partial charge on any atom is -0.480 e. The number of carboxylic acids is 1. The van der Waals surface area contributed by atoms with E-state index in [-0.39, 0.29) is 11.8 Å². The first kappa shape index (κ1) is 15.6. The molecule has 0 bridgehead atoms. The van der Waals surface area contributed by atoms with Crippen LogP contribution in [0, 0.1) is 9.49 Å². The minimum absolute atomic E-state index is 0.0398. The molecule has 1 aliphatic rings. The summed E-state index contributed by atoms with van der Waals surface area (Å²) < 4.78 is 0.777. The van der Waals surface area contributed by atoms with E-state index in [0.29, 0.717) is 17.1 Å². The van der Waals surface area contributed by atoms with Gasteiger partial charge in [-0.15, -0.1) is 0 Å². The SMILES string of the molecule is CC1CCCN(C(=O)c2cc(Cl)ccc2I)C1C(=O)O. The fraction of sp³-hybridized carbons (Fsp3) is 0.429. The Kier molecular flexibility index (Phi) is 4.90. The monoisotopic (exact) mass is 407 g/mol. The number of halogens is 2. The van der Waals surface area contributed by atoms with Gasteiger partial charge in [0.2, 0.25) is 0 Å². The van der Waals surface area contributed by atoms with Gasteiger partial charge in [-0.2, -0.15) is 0 Å². The van der Waals surface area contributed by atoms with Crippen LogP contribution in [-0.4, -0.2) is 34.5 Å². The van der Waals surface area contributed by atoms with Gasteiger partial charge in [-0.1, -0.05) is 18.5 Å². The van der Waals surface area contributed by atoms with Crippen molar-refractivity contribution in [3.8, 4) is 0 Å². The first-order valence-electron chi connectivity index (χ1n) is 6.40. The normalized spacial score (nSPS) is 22.6. The van der Waals surface area contributed by atoms with E-state index in [0.717, 1.165) is 16.4 Å². The zero-order valence-corrected chi connectivity index (χ0v) is 13.9. The third kappa shape index (κ3) is 3.09. The average Bonchev–Trinajstić information content (AvgIpc) is 2.40. The standard InChI is InChI=1S/C14H15ClINO3/c1-8-3-2-6-17(12(8)14(19)20)13(18)10-7-9(15)4-5-11(10)16/h4-5,7-8,12H,2-3,6H2,1H3,(H,19,20). The summed E-state index contributed by atoms with van der Waals surface area (Å²) in [7, 11) is 0. The fourth-order valence-corrected chi connectivity index (χ4v) is 3.35. The third-order valence-electron chi connectivity index (χ3n) is 3.61. The summed E-state index contributed by atoms with van der Waals surface area (Å²) in [5.74, 6) is -1.24. The number of benzene rings is 1. The Morgan fingerprint density at radius 1 is 1.45 bits per heavy atom. The van der Waals surface area contributed by atoms with Crippen LogP contribution in [0.4, 0.5) is 0 Å². The summed E-state index contributed by atoms with van der Waals surface area (Å²) >= 11 is 8.00. The molecule has 0 aliphatic carbocycles. The summed E-state index contributed by atoms with van der Waals surface area (Å²) in [6, 6.07) is 4.32. The van der Waals surface area contributed by atoms with Crippen molar-refractivity contribution in [1.29, 1.82) is 0 Å². The highest BCUT2D eigenvalue weighted by Crippen LogP contribution is 2.27. The number of aliphatic carboxylic acids is 1. The van der Waals surface area contributed by atoms with Crippen LogP contribution in [-0.2, 0) is 4.79 Å².